The maximum absolute atomic E-state index is 12.5. The number of nitro groups is 1. The van der Waals surface area contributed by atoms with E-state index in [0.29, 0.717) is 16.9 Å². The Balaban J connectivity index is 2.28. The molecule has 0 saturated heterocycles. The second-order valence-corrected chi connectivity index (χ2v) is 7.05. The van der Waals surface area contributed by atoms with E-state index in [-0.39, 0.29) is 17.1 Å². The van der Waals surface area contributed by atoms with Gasteiger partial charge in [-0.15, -0.1) is 0 Å². The molecule has 1 N–H and O–H groups in total. The lowest BCUT2D eigenvalue weighted by molar-refractivity contribution is -0.385. The Labute approximate surface area is 140 Å². The van der Waals surface area contributed by atoms with Crippen molar-refractivity contribution in [1.29, 1.82) is 0 Å². The van der Waals surface area contributed by atoms with Crippen LogP contribution in [0.1, 0.15) is 16.7 Å². The number of ether oxygens (including phenoxy) is 1. The Hall–Kier alpha value is -2.45. The number of nitrogens with one attached hydrogen (secondary N) is 1. The summed E-state index contributed by atoms with van der Waals surface area (Å²) >= 11 is 0. The molecule has 0 radical (unpaired) electrons. The molecule has 2 aromatic rings. The number of hydrogen-bond acceptors (Lipinski definition) is 5. The number of rotatable bonds is 6. The SMILES string of the molecule is COc1ccc(CNS(=O)(=O)c2cc([N+](=O)[O-])cc(C)c2C)cc1. The van der Waals surface area contributed by atoms with Gasteiger partial charge in [0.2, 0.25) is 10.0 Å². The summed E-state index contributed by atoms with van der Waals surface area (Å²) in [4.78, 5) is 10.3. The highest BCUT2D eigenvalue weighted by Gasteiger charge is 2.22. The van der Waals surface area contributed by atoms with Crippen LogP contribution in [0.5, 0.6) is 5.75 Å². The Bertz CT molecular complexity index is 861. The lowest BCUT2D eigenvalue weighted by Gasteiger charge is -2.11. The van der Waals surface area contributed by atoms with Crippen molar-refractivity contribution >= 4 is 15.7 Å². The van der Waals surface area contributed by atoms with Gasteiger partial charge in [-0.1, -0.05) is 12.1 Å². The number of hydrogen-bond donors (Lipinski definition) is 1. The number of nitrogens with zero attached hydrogens (tertiary/aromatic N) is 1. The van der Waals surface area contributed by atoms with Crippen LogP contribution in [0.25, 0.3) is 0 Å². The Kier molecular flexibility index (Phi) is 5.20. The predicted molar refractivity (Wildman–Crippen MR) is 89.6 cm³/mol. The third kappa shape index (κ3) is 3.90. The molecule has 0 atom stereocenters. The third-order valence-electron chi connectivity index (χ3n) is 3.73. The summed E-state index contributed by atoms with van der Waals surface area (Å²) in [6.45, 7) is 3.35. The van der Waals surface area contributed by atoms with Crippen LogP contribution in [-0.2, 0) is 16.6 Å². The van der Waals surface area contributed by atoms with Crippen LogP contribution >= 0.6 is 0 Å². The summed E-state index contributed by atoms with van der Waals surface area (Å²) in [6.07, 6.45) is 0. The molecule has 0 spiro atoms. The molecule has 7 nitrogen and oxygen atoms in total. The number of sulfonamides is 1. The van der Waals surface area contributed by atoms with Crippen LogP contribution in [0.15, 0.2) is 41.3 Å². The summed E-state index contributed by atoms with van der Waals surface area (Å²) in [5, 5.41) is 11.0. The molecule has 128 valence electrons. The molecule has 0 aliphatic heterocycles. The van der Waals surface area contributed by atoms with Gasteiger partial charge in [-0.2, -0.15) is 0 Å². The van der Waals surface area contributed by atoms with Crippen molar-refractivity contribution in [2.45, 2.75) is 25.3 Å². The molecule has 0 heterocycles. The molecule has 0 unspecified atom stereocenters. The smallest absolute Gasteiger partial charge is 0.271 e. The molecule has 2 aromatic carbocycles. The van der Waals surface area contributed by atoms with Gasteiger partial charge in [0.25, 0.3) is 5.69 Å². The highest BCUT2D eigenvalue weighted by Crippen LogP contribution is 2.25. The summed E-state index contributed by atoms with van der Waals surface area (Å²) in [7, 11) is -2.32. The summed E-state index contributed by atoms with van der Waals surface area (Å²) in [5.74, 6) is 0.673. The van der Waals surface area contributed by atoms with Gasteiger partial charge < -0.3 is 4.74 Å². The largest absolute Gasteiger partial charge is 0.497 e. The van der Waals surface area contributed by atoms with Crippen molar-refractivity contribution in [3.63, 3.8) is 0 Å². The number of methoxy groups -OCH3 is 1. The zero-order valence-corrected chi connectivity index (χ0v) is 14.4. The van der Waals surface area contributed by atoms with Gasteiger partial charge in [0.05, 0.1) is 16.9 Å². The zero-order valence-electron chi connectivity index (χ0n) is 13.6. The maximum atomic E-state index is 12.5. The zero-order chi connectivity index (χ0) is 17.9. The molecule has 0 aliphatic carbocycles. The molecule has 24 heavy (non-hydrogen) atoms. The topological polar surface area (TPSA) is 98.5 Å². The number of non-ortho nitro benzene ring substituents is 1. The van der Waals surface area contributed by atoms with Gasteiger partial charge in [0, 0.05) is 18.7 Å². The van der Waals surface area contributed by atoms with Gasteiger partial charge in [-0.25, -0.2) is 13.1 Å². The normalized spacial score (nSPS) is 11.3. The van der Waals surface area contributed by atoms with Crippen molar-refractivity contribution in [2.24, 2.45) is 0 Å². The molecular formula is C16H18N2O5S. The molecular weight excluding hydrogens is 332 g/mol. The second-order valence-electron chi connectivity index (χ2n) is 5.32. The minimum atomic E-state index is -3.87. The van der Waals surface area contributed by atoms with Crippen LogP contribution in [0.4, 0.5) is 5.69 Å². The van der Waals surface area contributed by atoms with E-state index in [1.54, 1.807) is 45.2 Å². The van der Waals surface area contributed by atoms with Gasteiger partial charge in [-0.3, -0.25) is 10.1 Å². The van der Waals surface area contributed by atoms with Crippen molar-refractivity contribution < 1.29 is 18.1 Å². The average Bonchev–Trinajstić information content (AvgIpc) is 2.55. The van der Waals surface area contributed by atoms with Gasteiger partial charge >= 0.3 is 0 Å². The highest BCUT2D eigenvalue weighted by molar-refractivity contribution is 7.89. The van der Waals surface area contributed by atoms with Crippen molar-refractivity contribution in [2.75, 3.05) is 7.11 Å². The first-order valence-corrected chi connectivity index (χ1v) is 8.61. The standard InChI is InChI=1S/C16H18N2O5S/c1-11-8-14(18(19)20)9-16(12(11)2)24(21,22)17-10-13-4-6-15(23-3)7-5-13/h4-9,17H,10H2,1-3H3. The Morgan fingerprint density at radius 3 is 2.33 bits per heavy atom. The van der Waals surface area contributed by atoms with Crippen molar-refractivity contribution in [3.05, 3.63) is 63.2 Å². The lowest BCUT2D eigenvalue weighted by Crippen LogP contribution is -2.24. The van der Waals surface area contributed by atoms with E-state index >= 15 is 0 Å². The minimum Gasteiger partial charge on any atom is -0.497 e. The van der Waals surface area contributed by atoms with E-state index in [9.17, 15) is 18.5 Å². The molecule has 0 aromatic heterocycles. The highest BCUT2D eigenvalue weighted by atomic mass is 32.2. The summed E-state index contributed by atoms with van der Waals surface area (Å²) in [6, 6.07) is 9.38. The van der Waals surface area contributed by atoms with Crippen LogP contribution < -0.4 is 9.46 Å². The third-order valence-corrected chi connectivity index (χ3v) is 5.26. The molecule has 0 aliphatic rings. The number of nitro benzene ring substituents is 1. The van der Waals surface area contributed by atoms with Gasteiger partial charge in [0.1, 0.15) is 5.75 Å². The van der Waals surface area contributed by atoms with E-state index < -0.39 is 14.9 Å². The maximum Gasteiger partial charge on any atom is 0.271 e. The molecule has 8 heteroatoms. The number of benzene rings is 2. The van der Waals surface area contributed by atoms with E-state index in [1.807, 2.05) is 0 Å². The molecule has 0 amide bonds. The fraction of sp³-hybridized carbons (Fsp3) is 0.250. The van der Waals surface area contributed by atoms with E-state index in [4.69, 9.17) is 4.74 Å². The van der Waals surface area contributed by atoms with E-state index in [1.165, 1.54) is 6.07 Å². The van der Waals surface area contributed by atoms with Crippen LogP contribution in [0.3, 0.4) is 0 Å². The fourth-order valence-electron chi connectivity index (χ4n) is 2.19. The van der Waals surface area contributed by atoms with Crippen molar-refractivity contribution in [1.82, 2.24) is 4.72 Å². The predicted octanol–water partition coefficient (Wildman–Crippen LogP) is 2.70. The monoisotopic (exact) mass is 350 g/mol. The molecule has 0 bridgehead atoms. The average molecular weight is 350 g/mol. The minimum absolute atomic E-state index is 0.0769. The van der Waals surface area contributed by atoms with Crippen LogP contribution in [-0.4, -0.2) is 20.5 Å². The van der Waals surface area contributed by atoms with Crippen LogP contribution in [0.2, 0.25) is 0 Å². The number of aryl methyl sites for hydroxylation is 1. The second kappa shape index (κ2) is 6.98. The van der Waals surface area contributed by atoms with Crippen LogP contribution in [0, 0.1) is 24.0 Å². The van der Waals surface area contributed by atoms with E-state index in [0.717, 1.165) is 11.6 Å². The summed E-state index contributed by atoms with van der Waals surface area (Å²) < 4.78 is 32.6. The fourth-order valence-corrected chi connectivity index (χ4v) is 3.54. The molecule has 2 rings (SSSR count). The van der Waals surface area contributed by atoms with Crippen molar-refractivity contribution in [3.8, 4) is 5.75 Å². The first kappa shape index (κ1) is 17.9. The van der Waals surface area contributed by atoms with E-state index in [2.05, 4.69) is 4.72 Å². The quantitative estimate of drug-likeness (QED) is 0.638. The Morgan fingerprint density at radius 1 is 1.17 bits per heavy atom. The Morgan fingerprint density at radius 2 is 1.79 bits per heavy atom. The first-order chi connectivity index (χ1) is 11.2. The lowest BCUT2D eigenvalue weighted by atomic mass is 10.1. The first-order valence-electron chi connectivity index (χ1n) is 7.13. The van der Waals surface area contributed by atoms with Gasteiger partial charge in [0.15, 0.2) is 0 Å². The summed E-state index contributed by atoms with van der Waals surface area (Å²) in [5.41, 5.74) is 1.54. The van der Waals surface area contributed by atoms with Gasteiger partial charge in [-0.05, 0) is 42.7 Å². The molecule has 0 fully saturated rings. The molecule has 0 saturated carbocycles.